The number of aromatic nitrogens is 1. The van der Waals surface area contributed by atoms with Crippen molar-refractivity contribution in [3.63, 3.8) is 0 Å². The molecule has 2 aromatic rings. The molecule has 1 aromatic carbocycles. The average molecular weight is 229 g/mol. The standard InChI is InChI=1S/C14H15NO2/c1-15-11-5-3-2-4-10(11)14(9-6-7-9)12(15)8-13(16)17/h2-5,9H,6-8H2,1H3,(H,16,17). The van der Waals surface area contributed by atoms with Crippen molar-refractivity contribution in [3.8, 4) is 0 Å². The normalized spacial score (nSPS) is 15.4. The highest BCUT2D eigenvalue weighted by Gasteiger charge is 2.30. The van der Waals surface area contributed by atoms with Crippen LogP contribution in [0.1, 0.15) is 30.0 Å². The molecule has 0 unspecified atom stereocenters. The second-order valence-electron chi connectivity index (χ2n) is 4.78. The van der Waals surface area contributed by atoms with Crippen molar-refractivity contribution in [2.24, 2.45) is 7.05 Å². The van der Waals surface area contributed by atoms with E-state index >= 15 is 0 Å². The first kappa shape index (κ1) is 10.4. The number of hydrogen-bond donors (Lipinski definition) is 1. The Bertz CT molecular complexity index is 594. The summed E-state index contributed by atoms with van der Waals surface area (Å²) in [6, 6.07) is 8.20. The van der Waals surface area contributed by atoms with Crippen molar-refractivity contribution < 1.29 is 9.90 Å². The van der Waals surface area contributed by atoms with Crippen LogP contribution in [0.4, 0.5) is 0 Å². The lowest BCUT2D eigenvalue weighted by atomic mass is 10.0. The summed E-state index contributed by atoms with van der Waals surface area (Å²) in [5, 5.41) is 10.3. The summed E-state index contributed by atoms with van der Waals surface area (Å²) in [6.07, 6.45) is 2.51. The molecule has 1 aliphatic carbocycles. The molecule has 0 spiro atoms. The van der Waals surface area contributed by atoms with E-state index in [9.17, 15) is 4.79 Å². The first-order valence-electron chi connectivity index (χ1n) is 5.96. The fourth-order valence-electron chi connectivity index (χ4n) is 2.66. The van der Waals surface area contributed by atoms with Gasteiger partial charge in [-0.15, -0.1) is 0 Å². The van der Waals surface area contributed by atoms with E-state index in [0.717, 1.165) is 11.2 Å². The third-order valence-electron chi connectivity index (χ3n) is 3.58. The van der Waals surface area contributed by atoms with E-state index in [1.807, 2.05) is 23.7 Å². The maximum Gasteiger partial charge on any atom is 0.309 e. The van der Waals surface area contributed by atoms with Crippen LogP contribution in [-0.4, -0.2) is 15.6 Å². The molecule has 0 aliphatic heterocycles. The molecule has 17 heavy (non-hydrogen) atoms. The van der Waals surface area contributed by atoms with Crippen molar-refractivity contribution in [3.05, 3.63) is 35.5 Å². The predicted octanol–water partition coefficient (Wildman–Crippen LogP) is 2.68. The number of carboxylic acid groups (broad SMARTS) is 1. The fraction of sp³-hybridized carbons (Fsp3) is 0.357. The first-order valence-corrected chi connectivity index (χ1v) is 5.96. The van der Waals surface area contributed by atoms with E-state index in [2.05, 4.69) is 12.1 Å². The Labute approximate surface area is 99.7 Å². The Morgan fingerprint density at radius 2 is 2.12 bits per heavy atom. The molecule has 1 saturated carbocycles. The summed E-state index contributed by atoms with van der Waals surface area (Å²) < 4.78 is 2.04. The Kier molecular flexibility index (Phi) is 2.21. The highest BCUT2D eigenvalue weighted by molar-refractivity contribution is 5.88. The van der Waals surface area contributed by atoms with Gasteiger partial charge < -0.3 is 9.67 Å². The van der Waals surface area contributed by atoms with Gasteiger partial charge in [0, 0.05) is 23.6 Å². The van der Waals surface area contributed by atoms with Crippen molar-refractivity contribution >= 4 is 16.9 Å². The molecule has 0 bridgehead atoms. The molecule has 1 aromatic heterocycles. The van der Waals surface area contributed by atoms with Crippen LogP contribution in [0.2, 0.25) is 0 Å². The summed E-state index contributed by atoms with van der Waals surface area (Å²) in [7, 11) is 1.96. The highest BCUT2D eigenvalue weighted by Crippen LogP contribution is 2.45. The number of hydrogen-bond acceptors (Lipinski definition) is 1. The molecule has 0 atom stereocenters. The molecule has 3 rings (SSSR count). The van der Waals surface area contributed by atoms with Gasteiger partial charge in [0.25, 0.3) is 0 Å². The smallest absolute Gasteiger partial charge is 0.309 e. The average Bonchev–Trinajstić information content (AvgIpc) is 3.08. The zero-order valence-electron chi connectivity index (χ0n) is 9.81. The molecule has 3 nitrogen and oxygen atoms in total. The minimum Gasteiger partial charge on any atom is -0.481 e. The van der Waals surface area contributed by atoms with Crippen LogP contribution in [0.5, 0.6) is 0 Å². The Balaban J connectivity index is 2.26. The van der Waals surface area contributed by atoms with Gasteiger partial charge >= 0.3 is 5.97 Å². The zero-order valence-corrected chi connectivity index (χ0v) is 9.81. The van der Waals surface area contributed by atoms with Crippen LogP contribution >= 0.6 is 0 Å². The zero-order chi connectivity index (χ0) is 12.0. The van der Waals surface area contributed by atoms with Gasteiger partial charge in [0.2, 0.25) is 0 Å². The van der Waals surface area contributed by atoms with Gasteiger partial charge in [-0.3, -0.25) is 4.79 Å². The van der Waals surface area contributed by atoms with Crippen LogP contribution in [0, 0.1) is 0 Å². The van der Waals surface area contributed by atoms with Gasteiger partial charge in [-0.2, -0.15) is 0 Å². The molecule has 0 radical (unpaired) electrons. The van der Waals surface area contributed by atoms with E-state index in [1.54, 1.807) is 0 Å². The van der Waals surface area contributed by atoms with E-state index in [4.69, 9.17) is 5.11 Å². The molecule has 3 heteroatoms. The van der Waals surface area contributed by atoms with Gasteiger partial charge in [0.05, 0.1) is 6.42 Å². The quantitative estimate of drug-likeness (QED) is 0.879. The van der Waals surface area contributed by atoms with E-state index < -0.39 is 5.97 Å². The molecular weight excluding hydrogens is 214 g/mol. The summed E-state index contributed by atoms with van der Waals surface area (Å²) in [6.45, 7) is 0. The number of rotatable bonds is 3. The molecule has 1 aliphatic rings. The highest BCUT2D eigenvalue weighted by atomic mass is 16.4. The largest absolute Gasteiger partial charge is 0.481 e. The minimum absolute atomic E-state index is 0.122. The number of nitrogens with zero attached hydrogens (tertiary/aromatic N) is 1. The van der Waals surface area contributed by atoms with Gasteiger partial charge in [0.15, 0.2) is 0 Å². The van der Waals surface area contributed by atoms with Gasteiger partial charge in [-0.05, 0) is 30.4 Å². The fourth-order valence-corrected chi connectivity index (χ4v) is 2.66. The SMILES string of the molecule is Cn1c(CC(=O)O)c(C2CC2)c2ccccc21. The number of para-hydroxylation sites is 1. The minimum atomic E-state index is -0.752. The van der Waals surface area contributed by atoms with Gasteiger partial charge in [0.1, 0.15) is 0 Å². The number of benzene rings is 1. The number of aliphatic carboxylic acids is 1. The second kappa shape index (κ2) is 3.62. The lowest BCUT2D eigenvalue weighted by Gasteiger charge is -2.04. The van der Waals surface area contributed by atoms with Crippen LogP contribution in [0.25, 0.3) is 10.9 Å². The summed E-state index contributed by atoms with van der Waals surface area (Å²) in [5.41, 5.74) is 3.39. The van der Waals surface area contributed by atoms with Crippen molar-refractivity contribution in [2.45, 2.75) is 25.2 Å². The molecular formula is C14H15NO2. The van der Waals surface area contributed by atoms with Crippen molar-refractivity contribution in [1.29, 1.82) is 0 Å². The van der Waals surface area contributed by atoms with Gasteiger partial charge in [-0.25, -0.2) is 0 Å². The molecule has 88 valence electrons. The van der Waals surface area contributed by atoms with Crippen LogP contribution in [0.15, 0.2) is 24.3 Å². The maximum atomic E-state index is 11.0. The van der Waals surface area contributed by atoms with Gasteiger partial charge in [-0.1, -0.05) is 18.2 Å². The number of carboxylic acids is 1. The van der Waals surface area contributed by atoms with E-state index in [-0.39, 0.29) is 6.42 Å². The summed E-state index contributed by atoms with van der Waals surface area (Å²) in [4.78, 5) is 11.0. The Morgan fingerprint density at radius 1 is 1.41 bits per heavy atom. The molecule has 0 amide bonds. The lowest BCUT2D eigenvalue weighted by molar-refractivity contribution is -0.136. The Hall–Kier alpha value is -1.77. The maximum absolute atomic E-state index is 11.0. The molecule has 1 fully saturated rings. The number of aryl methyl sites for hydroxylation is 1. The second-order valence-corrected chi connectivity index (χ2v) is 4.78. The van der Waals surface area contributed by atoms with E-state index in [1.165, 1.54) is 23.8 Å². The van der Waals surface area contributed by atoms with Crippen LogP contribution < -0.4 is 0 Å². The molecule has 1 N–H and O–H groups in total. The summed E-state index contributed by atoms with van der Waals surface area (Å²) >= 11 is 0. The third kappa shape index (κ3) is 1.62. The monoisotopic (exact) mass is 229 g/mol. The first-order chi connectivity index (χ1) is 8.18. The number of carbonyl (C=O) groups is 1. The predicted molar refractivity (Wildman–Crippen MR) is 66.2 cm³/mol. The third-order valence-corrected chi connectivity index (χ3v) is 3.58. The van der Waals surface area contributed by atoms with Crippen molar-refractivity contribution in [1.82, 2.24) is 4.57 Å². The van der Waals surface area contributed by atoms with Crippen LogP contribution in [-0.2, 0) is 18.3 Å². The van der Waals surface area contributed by atoms with E-state index in [0.29, 0.717) is 5.92 Å². The lowest BCUT2D eigenvalue weighted by Crippen LogP contribution is -2.07. The Morgan fingerprint density at radius 3 is 2.76 bits per heavy atom. The molecule has 1 heterocycles. The topological polar surface area (TPSA) is 42.2 Å². The van der Waals surface area contributed by atoms with Crippen LogP contribution in [0.3, 0.4) is 0 Å². The summed E-state index contributed by atoms with van der Waals surface area (Å²) in [5.74, 6) is -0.173. The molecule has 0 saturated heterocycles. The van der Waals surface area contributed by atoms with Crippen molar-refractivity contribution in [2.75, 3.05) is 0 Å². The number of fused-ring (bicyclic) bond motifs is 1.